The first-order valence-corrected chi connectivity index (χ1v) is 8.30. The fourth-order valence-electron chi connectivity index (χ4n) is 2.51. The van der Waals surface area contributed by atoms with Gasteiger partial charge in [-0.05, 0) is 19.1 Å². The summed E-state index contributed by atoms with van der Waals surface area (Å²) >= 11 is 0. The largest absolute Gasteiger partial charge is 0.453 e. The van der Waals surface area contributed by atoms with E-state index in [2.05, 4.69) is 6.58 Å². The van der Waals surface area contributed by atoms with Crippen molar-refractivity contribution in [2.75, 3.05) is 0 Å². The summed E-state index contributed by atoms with van der Waals surface area (Å²) in [6.07, 6.45) is 0. The number of hydrogen-bond acceptors (Lipinski definition) is 5. The van der Waals surface area contributed by atoms with E-state index < -0.39 is 11.9 Å². The third kappa shape index (κ3) is 4.15. The maximum atomic E-state index is 12.2. The van der Waals surface area contributed by atoms with Crippen LogP contribution in [0.3, 0.4) is 0 Å². The molecule has 0 fully saturated rings. The number of carbonyl (C=O) groups excluding carboxylic acids is 2. The van der Waals surface area contributed by atoms with Crippen LogP contribution in [0.4, 0.5) is 0 Å². The first kappa shape index (κ1) is 18.2. The highest BCUT2D eigenvalue weighted by molar-refractivity contribution is 6.00. The van der Waals surface area contributed by atoms with Crippen LogP contribution in [0, 0.1) is 0 Å². The van der Waals surface area contributed by atoms with Crippen LogP contribution >= 0.6 is 0 Å². The fourth-order valence-corrected chi connectivity index (χ4v) is 2.51. The molecule has 0 unspecified atom stereocenters. The summed E-state index contributed by atoms with van der Waals surface area (Å²) in [7, 11) is 0. The van der Waals surface area contributed by atoms with Gasteiger partial charge in [-0.1, -0.05) is 49.0 Å². The predicted molar refractivity (Wildman–Crippen MR) is 102 cm³/mol. The van der Waals surface area contributed by atoms with Gasteiger partial charge in [0.15, 0.2) is 11.5 Å². The van der Waals surface area contributed by atoms with Gasteiger partial charge >= 0.3 is 11.9 Å². The Kier molecular flexibility index (Phi) is 5.22. The molecule has 136 valence electrons. The summed E-state index contributed by atoms with van der Waals surface area (Å²) in [5, 5.41) is 1.20. The molecule has 5 heteroatoms. The average Bonchev–Trinajstić information content (AvgIpc) is 2.64. The summed E-state index contributed by atoms with van der Waals surface area (Å²) in [6, 6.07) is 17.7. The second kappa shape index (κ2) is 7.74. The lowest BCUT2D eigenvalue weighted by Gasteiger charge is -2.16. The van der Waals surface area contributed by atoms with Crippen molar-refractivity contribution < 1.29 is 23.8 Å². The fraction of sp³-hybridized carbons (Fsp3) is 0.0909. The summed E-state index contributed by atoms with van der Waals surface area (Å²) in [5.74, 6) is 0.327. The van der Waals surface area contributed by atoms with Crippen molar-refractivity contribution >= 4 is 22.7 Å². The number of benzene rings is 3. The van der Waals surface area contributed by atoms with Crippen LogP contribution in [0.1, 0.15) is 13.8 Å². The zero-order valence-corrected chi connectivity index (χ0v) is 15.0. The highest BCUT2D eigenvalue weighted by atomic mass is 16.6. The summed E-state index contributed by atoms with van der Waals surface area (Å²) < 4.78 is 16.8. The molecule has 5 nitrogen and oxygen atoms in total. The molecule has 3 aromatic rings. The molecule has 27 heavy (non-hydrogen) atoms. The molecule has 0 heterocycles. The van der Waals surface area contributed by atoms with Crippen LogP contribution in [0.25, 0.3) is 10.8 Å². The van der Waals surface area contributed by atoms with Crippen molar-refractivity contribution in [3.63, 3.8) is 0 Å². The average molecular weight is 362 g/mol. The SMILES string of the molecule is C=C(C)C(=O)Oc1c(Oc2ccccc2)cc(OC(C)=O)c2ccccc12. The van der Waals surface area contributed by atoms with Crippen LogP contribution in [-0.2, 0) is 9.59 Å². The van der Waals surface area contributed by atoms with Crippen molar-refractivity contribution in [1.82, 2.24) is 0 Å². The van der Waals surface area contributed by atoms with Gasteiger partial charge in [0.1, 0.15) is 11.5 Å². The quantitative estimate of drug-likeness (QED) is 0.361. The van der Waals surface area contributed by atoms with Crippen LogP contribution in [0.2, 0.25) is 0 Å². The van der Waals surface area contributed by atoms with E-state index in [1.54, 1.807) is 43.3 Å². The molecule has 0 aliphatic carbocycles. The molecular formula is C22H18O5. The summed E-state index contributed by atoms with van der Waals surface area (Å²) in [5.41, 5.74) is 0.258. The van der Waals surface area contributed by atoms with E-state index in [0.717, 1.165) is 0 Å². The normalized spacial score (nSPS) is 10.3. The molecule has 0 radical (unpaired) electrons. The van der Waals surface area contributed by atoms with Gasteiger partial charge in [-0.2, -0.15) is 0 Å². The van der Waals surface area contributed by atoms with Gasteiger partial charge in [0.05, 0.1) is 0 Å². The van der Waals surface area contributed by atoms with Crippen molar-refractivity contribution in [3.8, 4) is 23.0 Å². The second-order valence-electron chi connectivity index (χ2n) is 5.93. The number of para-hydroxylation sites is 1. The van der Waals surface area contributed by atoms with Gasteiger partial charge in [0.2, 0.25) is 0 Å². The number of hydrogen-bond donors (Lipinski definition) is 0. The minimum absolute atomic E-state index is 0.235. The Labute approximate surface area is 156 Å². The highest BCUT2D eigenvalue weighted by Gasteiger charge is 2.20. The molecule has 0 aliphatic heterocycles. The predicted octanol–water partition coefficient (Wildman–Crippen LogP) is 5.04. The van der Waals surface area contributed by atoms with Crippen molar-refractivity contribution in [3.05, 3.63) is 72.8 Å². The van der Waals surface area contributed by atoms with Gasteiger partial charge in [0.25, 0.3) is 0 Å². The first-order valence-electron chi connectivity index (χ1n) is 8.30. The van der Waals surface area contributed by atoms with Crippen molar-refractivity contribution in [2.45, 2.75) is 13.8 Å². The summed E-state index contributed by atoms with van der Waals surface area (Å²) in [6.45, 7) is 6.50. The lowest BCUT2D eigenvalue weighted by Crippen LogP contribution is -2.10. The number of esters is 2. The molecule has 0 N–H and O–H groups in total. The smallest absolute Gasteiger partial charge is 0.338 e. The monoisotopic (exact) mass is 362 g/mol. The first-order chi connectivity index (χ1) is 13.0. The number of fused-ring (bicyclic) bond motifs is 1. The zero-order chi connectivity index (χ0) is 19.4. The molecule has 3 rings (SSSR count). The van der Waals surface area contributed by atoms with Gasteiger partial charge in [-0.25, -0.2) is 4.79 Å². The molecule has 0 aliphatic rings. The van der Waals surface area contributed by atoms with Crippen molar-refractivity contribution in [2.24, 2.45) is 0 Å². The maximum Gasteiger partial charge on any atom is 0.338 e. The minimum Gasteiger partial charge on any atom is -0.453 e. The topological polar surface area (TPSA) is 61.8 Å². The minimum atomic E-state index is -0.571. The third-order valence-electron chi connectivity index (χ3n) is 3.69. The van der Waals surface area contributed by atoms with Crippen LogP contribution < -0.4 is 14.2 Å². The van der Waals surface area contributed by atoms with E-state index in [1.807, 2.05) is 18.2 Å². The molecule has 3 aromatic carbocycles. The zero-order valence-electron chi connectivity index (χ0n) is 15.0. The maximum absolute atomic E-state index is 12.2. The molecule has 0 spiro atoms. The van der Waals surface area contributed by atoms with Gasteiger partial charge in [-0.3, -0.25) is 4.79 Å². The highest BCUT2D eigenvalue weighted by Crippen LogP contribution is 2.43. The van der Waals surface area contributed by atoms with Gasteiger partial charge < -0.3 is 14.2 Å². The Morgan fingerprint density at radius 3 is 2.07 bits per heavy atom. The Morgan fingerprint density at radius 1 is 0.815 bits per heavy atom. The number of rotatable bonds is 5. The standard InChI is InChI=1S/C22H18O5/c1-14(2)22(24)27-21-18-12-8-7-11-17(18)19(25-15(3)23)13-20(21)26-16-9-5-4-6-10-16/h4-13H,1H2,2-3H3. The molecule has 0 atom stereocenters. The Morgan fingerprint density at radius 2 is 1.44 bits per heavy atom. The molecule has 0 amide bonds. The van der Waals surface area contributed by atoms with E-state index in [9.17, 15) is 9.59 Å². The van der Waals surface area contributed by atoms with E-state index in [-0.39, 0.29) is 17.1 Å². The van der Waals surface area contributed by atoms with Crippen molar-refractivity contribution in [1.29, 1.82) is 0 Å². The van der Waals surface area contributed by atoms with Gasteiger partial charge in [0, 0.05) is 29.3 Å². The van der Waals surface area contributed by atoms with Crippen LogP contribution in [0.5, 0.6) is 23.0 Å². The molecular weight excluding hydrogens is 344 g/mol. The lowest BCUT2D eigenvalue weighted by molar-refractivity contribution is -0.132. The molecule has 0 aromatic heterocycles. The van der Waals surface area contributed by atoms with Gasteiger partial charge in [-0.15, -0.1) is 0 Å². The van der Waals surface area contributed by atoms with E-state index in [4.69, 9.17) is 14.2 Å². The number of ether oxygens (including phenoxy) is 3. The van der Waals surface area contributed by atoms with E-state index in [1.165, 1.54) is 13.0 Å². The Hall–Kier alpha value is -3.60. The Bertz CT molecular complexity index is 1020. The Balaban J connectivity index is 2.20. The second-order valence-corrected chi connectivity index (χ2v) is 5.93. The molecule has 0 saturated heterocycles. The van der Waals surface area contributed by atoms with Crippen LogP contribution in [-0.4, -0.2) is 11.9 Å². The molecule has 0 saturated carbocycles. The number of carbonyl (C=O) groups is 2. The summed E-state index contributed by atoms with van der Waals surface area (Å²) in [4.78, 5) is 23.7. The molecule has 0 bridgehead atoms. The van der Waals surface area contributed by atoms with E-state index >= 15 is 0 Å². The third-order valence-corrected chi connectivity index (χ3v) is 3.69. The lowest BCUT2D eigenvalue weighted by atomic mass is 10.1. The van der Waals surface area contributed by atoms with Crippen LogP contribution in [0.15, 0.2) is 72.8 Å². The van der Waals surface area contributed by atoms with E-state index in [0.29, 0.717) is 22.3 Å².